The van der Waals surface area contributed by atoms with E-state index in [9.17, 15) is 19.2 Å². The fourth-order valence-corrected chi connectivity index (χ4v) is 10.4. The molecule has 9 rings (SSSR count). The molecule has 21 heteroatoms. The zero-order chi connectivity index (χ0) is 60.6. The van der Waals surface area contributed by atoms with Crippen LogP contribution in [0.2, 0.25) is 0 Å². The van der Waals surface area contributed by atoms with E-state index >= 15 is 35.1 Å². The van der Waals surface area contributed by atoms with Gasteiger partial charge in [-0.05, 0) is 148 Å². The zero-order valence-corrected chi connectivity index (χ0v) is 48.4. The van der Waals surface area contributed by atoms with Crippen LogP contribution >= 0.6 is 0 Å². The van der Waals surface area contributed by atoms with Crippen molar-refractivity contribution in [3.63, 3.8) is 0 Å². The van der Waals surface area contributed by atoms with Crippen LogP contribution in [-0.4, -0.2) is 106 Å². The van der Waals surface area contributed by atoms with Crippen molar-refractivity contribution in [1.29, 1.82) is 0 Å². The van der Waals surface area contributed by atoms with Gasteiger partial charge < -0.3 is 29.6 Å². The number of rotatable bonds is 16. The van der Waals surface area contributed by atoms with Crippen LogP contribution in [0.1, 0.15) is 120 Å². The van der Waals surface area contributed by atoms with Gasteiger partial charge in [0.25, 0.3) is 23.6 Å². The van der Waals surface area contributed by atoms with Gasteiger partial charge in [-0.2, -0.15) is 0 Å². The summed E-state index contributed by atoms with van der Waals surface area (Å²) >= 11 is 0. The molecule has 443 valence electrons. The maximum atomic E-state index is 17.5. The largest absolute Gasteiger partial charge is 2.00 e. The quantitative estimate of drug-likeness (QED) is 0.0689. The summed E-state index contributed by atoms with van der Waals surface area (Å²) in [6.45, 7) is 16.5. The Kier molecular flexibility index (Phi) is 18.8. The topological polar surface area (TPSA) is 135 Å². The summed E-state index contributed by atoms with van der Waals surface area (Å²) in [7, 11) is 0. The Morgan fingerprint density at radius 3 is 0.635 bits per heavy atom. The van der Waals surface area contributed by atoms with E-state index in [0.717, 1.165) is 0 Å². The molecule has 4 amide bonds. The predicted octanol–water partition coefficient (Wildman–Crippen LogP) is 14.3. The molecule has 0 N–H and O–H groups in total. The van der Waals surface area contributed by atoms with E-state index in [1.807, 2.05) is 0 Å². The molecule has 0 spiro atoms. The molecule has 4 aromatic carbocycles. The molecule has 0 unspecified atom stereocenters. The number of benzene rings is 4. The average Bonchev–Trinajstić information content (AvgIpc) is 1.72. The summed E-state index contributed by atoms with van der Waals surface area (Å²) in [5.41, 5.74) is -12.0. The van der Waals surface area contributed by atoms with Gasteiger partial charge in [-0.15, -0.1) is 0 Å². The number of aromatic nitrogens is 4. The van der Waals surface area contributed by atoms with Gasteiger partial charge in [0.2, 0.25) is 0 Å². The normalized spacial score (nSPS) is 12.1. The van der Waals surface area contributed by atoms with E-state index in [0.29, 0.717) is 52.4 Å². The second kappa shape index (κ2) is 25.7. The fraction of sp³-hybridized carbons (Fsp3) is 0.250. The number of fused-ring (bicyclic) bond motifs is 8. The monoisotopic (exact) mass is 1220 g/mol. The molecule has 2 aliphatic rings. The van der Waals surface area contributed by atoms with Gasteiger partial charge in [-0.1, -0.05) is 70.6 Å². The Labute approximate surface area is 495 Å². The van der Waals surface area contributed by atoms with Gasteiger partial charge in [0, 0.05) is 74.6 Å². The number of hydrogen-bond acceptors (Lipinski definition) is 6. The van der Waals surface area contributed by atoms with Crippen LogP contribution < -0.4 is 9.97 Å². The molecule has 0 atom stereocenters. The van der Waals surface area contributed by atoms with E-state index in [2.05, 4.69) is 19.9 Å². The van der Waals surface area contributed by atoms with Gasteiger partial charge >= 0.3 is 17.1 Å². The summed E-state index contributed by atoms with van der Waals surface area (Å²) < 4.78 is 140. The number of carbonyl (C=O) groups excluding carboxylic acids is 4. The van der Waals surface area contributed by atoms with E-state index in [1.54, 1.807) is 55.4 Å². The predicted molar refractivity (Wildman–Crippen MR) is 308 cm³/mol. The number of halogens is 8. The first-order valence-corrected chi connectivity index (χ1v) is 27.5. The first-order valence-electron chi connectivity index (χ1n) is 27.5. The average molecular weight is 1220 g/mol. The van der Waals surface area contributed by atoms with Crippen LogP contribution in [0.3, 0.4) is 0 Å². The molecule has 5 heterocycles. The molecule has 3 aromatic heterocycles. The van der Waals surface area contributed by atoms with Gasteiger partial charge in [-0.25, -0.2) is 45.1 Å². The van der Waals surface area contributed by atoms with Crippen LogP contribution in [-0.2, 0) is 17.1 Å². The van der Waals surface area contributed by atoms with Crippen LogP contribution in [0.5, 0.6) is 0 Å². The van der Waals surface area contributed by atoms with E-state index in [-0.39, 0.29) is 61.6 Å². The zero-order valence-electron chi connectivity index (χ0n) is 47.4. The molecule has 0 aliphatic carbocycles. The van der Waals surface area contributed by atoms with Crippen LogP contribution in [0.25, 0.3) is 89.9 Å². The Morgan fingerprint density at radius 2 is 0.482 bits per heavy atom. The first kappa shape index (κ1) is 62.4. The number of nitrogens with zero attached hydrogens (tertiary/aromatic N) is 8. The fourth-order valence-electron chi connectivity index (χ4n) is 10.4. The molecule has 12 nitrogen and oxygen atoms in total. The first-order chi connectivity index (χ1) is 40.3. The van der Waals surface area contributed by atoms with Crippen molar-refractivity contribution >= 4 is 69.0 Å². The Morgan fingerprint density at radius 1 is 0.318 bits per heavy atom. The van der Waals surface area contributed by atoms with Crippen molar-refractivity contribution in [3.8, 4) is 44.5 Å². The molecule has 0 saturated heterocycles. The molecular formula is C64H56CuF8N8O4. The van der Waals surface area contributed by atoms with Crippen LogP contribution in [0.4, 0.5) is 35.1 Å². The smallest absolute Gasteiger partial charge is 0.652 e. The van der Waals surface area contributed by atoms with Gasteiger partial charge in [0.05, 0.1) is 0 Å². The Bertz CT molecular complexity index is 3510. The summed E-state index contributed by atoms with van der Waals surface area (Å²) in [6, 6.07) is 20.1. The maximum absolute atomic E-state index is 17.5. The maximum Gasteiger partial charge on any atom is 2.00 e. The minimum absolute atomic E-state index is 0. The molecule has 0 fully saturated rings. The van der Waals surface area contributed by atoms with Gasteiger partial charge in [0.1, 0.15) is 46.0 Å². The second-order valence-electron chi connectivity index (χ2n) is 19.5. The minimum atomic E-state index is -1.82. The van der Waals surface area contributed by atoms with E-state index in [4.69, 9.17) is 0 Å². The summed E-state index contributed by atoms with van der Waals surface area (Å²) in [5.74, 6) is -16.3. The van der Waals surface area contributed by atoms with Gasteiger partial charge in [-0.3, -0.25) is 19.2 Å². The molecule has 2 aliphatic heterocycles. The summed E-state index contributed by atoms with van der Waals surface area (Å²) in [5, 5.41) is 0. The van der Waals surface area contributed by atoms with Crippen molar-refractivity contribution < 1.29 is 71.4 Å². The number of hydrogen-bond donors (Lipinski definition) is 0. The van der Waals surface area contributed by atoms with Crippen molar-refractivity contribution in [2.75, 3.05) is 52.4 Å². The second-order valence-corrected chi connectivity index (χ2v) is 19.5. The third-order valence-electron chi connectivity index (χ3n) is 15.1. The Hall–Kier alpha value is -8.68. The van der Waals surface area contributed by atoms with E-state index in [1.165, 1.54) is 117 Å². The van der Waals surface area contributed by atoms with E-state index < -0.39 is 137 Å². The molecule has 8 bridgehead atoms. The minimum Gasteiger partial charge on any atom is -0.652 e. The molecule has 0 saturated carbocycles. The van der Waals surface area contributed by atoms with Crippen LogP contribution in [0.15, 0.2) is 97.1 Å². The van der Waals surface area contributed by atoms with Crippen molar-refractivity contribution in [3.05, 3.63) is 165 Å². The molecular weight excluding hydrogens is 1160 g/mol. The van der Waals surface area contributed by atoms with Crippen molar-refractivity contribution in [2.45, 2.75) is 55.4 Å². The summed E-state index contributed by atoms with van der Waals surface area (Å²) in [4.78, 5) is 77.4. The molecule has 1 radical (unpaired) electrons. The number of amides is 4. The molecule has 7 aromatic rings. The standard InChI is InChI=1S/C64H57F8N8O4.Cu/c1-9-77(10-2)61(81)37-25-17-33(18-26-37)41-53-45(65)47(67)55(73-53)42(34-19-27-38(28-20-34)62(82)78(11-3)12-4)57-49(69)51(71)59(75-57)44(36-23-31-40(32-24-36)64(84)80(15-7)16-8)60-52(72)50(70)58(76-60)43(56-48(68)46(66)54(41)74-56)35-21-29-39(30-22-35)63(83)79(13-5)14-6;/h17-32H,9-16H2,1-8H3,(H-,73,74,75,76,81,82,83,84);/q-1;+2/p-1. The molecule has 85 heavy (non-hydrogen) atoms. The van der Waals surface area contributed by atoms with Crippen LogP contribution in [0, 0.1) is 23.3 Å². The summed E-state index contributed by atoms with van der Waals surface area (Å²) in [6.07, 6.45) is 0. The third kappa shape index (κ3) is 11.1. The third-order valence-corrected chi connectivity index (χ3v) is 15.1. The van der Waals surface area contributed by atoms with Gasteiger partial charge in [0.15, 0.2) is 23.3 Å². The van der Waals surface area contributed by atoms with Crippen molar-refractivity contribution in [1.82, 2.24) is 39.5 Å². The number of carbonyl (C=O) groups is 4. The SMILES string of the molecule is CCN(CC)C(=O)c1ccc(-c2c3nc(c(-c4ccc(C(=O)N(CC)CC)cc4)c4[n-]c(c(F)c4F)c(-c4ccc(C(=O)N(CC)CC)cc4)c4nc(c(-c5ccc(C(=O)N(CC)CC)cc5)c5[n-]c2c(F)c5F)C(F)=C4F)C(F)=C3F)cc1.[Cu+2]. The van der Waals surface area contributed by atoms with Crippen molar-refractivity contribution in [2.24, 2.45) is 0 Å². The Balaban J connectivity index is 0.00000940.